The Kier molecular flexibility index (Phi) is 6.74. The second-order valence-electron chi connectivity index (χ2n) is 3.78. The largest absolute Gasteiger partial charge is 0.389 e. The first-order chi connectivity index (χ1) is 6.97. The average molecular weight is 261 g/mol. The Balaban J connectivity index is 0.00000225. The van der Waals surface area contributed by atoms with Crippen molar-refractivity contribution in [1.29, 1.82) is 0 Å². The van der Waals surface area contributed by atoms with Gasteiger partial charge in [0.15, 0.2) is 0 Å². The third-order valence-electron chi connectivity index (χ3n) is 2.39. The van der Waals surface area contributed by atoms with Crippen molar-refractivity contribution in [2.75, 3.05) is 19.6 Å². The van der Waals surface area contributed by atoms with Gasteiger partial charge in [-0.3, -0.25) is 4.79 Å². The van der Waals surface area contributed by atoms with Gasteiger partial charge in [-0.15, -0.1) is 12.4 Å². The third kappa shape index (κ3) is 6.90. The molecule has 1 amide bonds. The topological polar surface area (TPSA) is 41.1 Å². The average Bonchev–Trinajstić information content (AvgIpc) is 2.62. The van der Waals surface area contributed by atoms with Gasteiger partial charge in [0.25, 0.3) is 0 Å². The molecule has 96 valence electrons. The molecule has 2 N–H and O–H groups in total. The fourth-order valence-electron chi connectivity index (χ4n) is 1.49. The van der Waals surface area contributed by atoms with Gasteiger partial charge in [0, 0.05) is 13.0 Å². The Hall–Kier alpha value is -0.490. The van der Waals surface area contributed by atoms with Gasteiger partial charge < -0.3 is 10.6 Å². The molecule has 0 radical (unpaired) electrons. The predicted octanol–water partition coefficient (Wildman–Crippen LogP) is 1.48. The smallest absolute Gasteiger partial charge is 0.356 e. The number of carbonyl (C=O) groups is 1. The number of rotatable bonds is 4. The van der Waals surface area contributed by atoms with Gasteiger partial charge in [0.05, 0.1) is 6.42 Å². The highest BCUT2D eigenvalue weighted by molar-refractivity contribution is 5.85. The maximum absolute atomic E-state index is 11.8. The molecule has 0 saturated carbocycles. The van der Waals surface area contributed by atoms with E-state index in [-0.39, 0.29) is 12.4 Å². The molecule has 7 heteroatoms. The normalized spacial score (nSPS) is 20.3. The number of halogens is 4. The molecule has 1 aliphatic rings. The second-order valence-corrected chi connectivity index (χ2v) is 3.78. The molecule has 1 unspecified atom stereocenters. The molecule has 1 fully saturated rings. The Morgan fingerprint density at radius 3 is 2.62 bits per heavy atom. The van der Waals surface area contributed by atoms with Crippen molar-refractivity contribution < 1.29 is 18.0 Å². The van der Waals surface area contributed by atoms with E-state index in [0.29, 0.717) is 12.5 Å². The molecule has 0 aromatic carbocycles. The monoisotopic (exact) mass is 260 g/mol. The summed E-state index contributed by atoms with van der Waals surface area (Å²) in [7, 11) is 0. The van der Waals surface area contributed by atoms with Crippen LogP contribution in [0.2, 0.25) is 0 Å². The standard InChI is InChI=1S/C9H15F3N2O.ClH/c10-9(11,12)3-1-8(15)14-6-7-2-4-13-5-7;/h7,13H,1-6H2,(H,14,15);1H. The highest BCUT2D eigenvalue weighted by Crippen LogP contribution is 2.21. The Morgan fingerprint density at radius 1 is 1.44 bits per heavy atom. The van der Waals surface area contributed by atoms with Crippen molar-refractivity contribution in [3.8, 4) is 0 Å². The molecule has 1 atom stereocenters. The number of hydrogen-bond donors (Lipinski definition) is 2. The van der Waals surface area contributed by atoms with E-state index in [1.54, 1.807) is 0 Å². The minimum Gasteiger partial charge on any atom is -0.356 e. The molecule has 0 bridgehead atoms. The van der Waals surface area contributed by atoms with Crippen LogP contribution in [0.1, 0.15) is 19.3 Å². The number of hydrogen-bond acceptors (Lipinski definition) is 2. The van der Waals surface area contributed by atoms with Crippen molar-refractivity contribution >= 4 is 18.3 Å². The molecule has 3 nitrogen and oxygen atoms in total. The summed E-state index contributed by atoms with van der Waals surface area (Å²) in [6.45, 7) is 2.23. The van der Waals surface area contributed by atoms with Crippen LogP contribution >= 0.6 is 12.4 Å². The summed E-state index contributed by atoms with van der Waals surface area (Å²) in [6.07, 6.45) is -4.78. The molecule has 1 aliphatic heterocycles. The minimum absolute atomic E-state index is 0. The second kappa shape index (κ2) is 6.96. The highest BCUT2D eigenvalue weighted by Gasteiger charge is 2.28. The fourth-order valence-corrected chi connectivity index (χ4v) is 1.49. The lowest BCUT2D eigenvalue weighted by molar-refractivity contribution is -0.144. The molecule has 16 heavy (non-hydrogen) atoms. The van der Waals surface area contributed by atoms with Crippen LogP contribution in [0.25, 0.3) is 0 Å². The zero-order chi connectivity index (χ0) is 11.3. The molecule has 0 aromatic rings. The number of amides is 1. The molecular formula is C9H16ClF3N2O. The highest BCUT2D eigenvalue weighted by atomic mass is 35.5. The van der Waals surface area contributed by atoms with E-state index in [1.165, 1.54) is 0 Å². The summed E-state index contributed by atoms with van der Waals surface area (Å²) in [5.41, 5.74) is 0. The Labute approximate surface area is 98.6 Å². The minimum atomic E-state index is -4.24. The van der Waals surface area contributed by atoms with E-state index >= 15 is 0 Å². The van der Waals surface area contributed by atoms with E-state index in [1.807, 2.05) is 0 Å². The maximum Gasteiger partial charge on any atom is 0.389 e. The first-order valence-corrected chi connectivity index (χ1v) is 5.01. The van der Waals surface area contributed by atoms with E-state index in [0.717, 1.165) is 19.5 Å². The van der Waals surface area contributed by atoms with Crippen molar-refractivity contribution in [1.82, 2.24) is 10.6 Å². The molecule has 1 saturated heterocycles. The summed E-state index contributed by atoms with van der Waals surface area (Å²) in [4.78, 5) is 11.0. The van der Waals surface area contributed by atoms with Gasteiger partial charge in [-0.05, 0) is 25.4 Å². The lowest BCUT2D eigenvalue weighted by atomic mass is 10.1. The molecule has 0 aromatic heterocycles. The molecular weight excluding hydrogens is 245 g/mol. The zero-order valence-corrected chi connectivity index (χ0v) is 9.59. The van der Waals surface area contributed by atoms with Crippen molar-refractivity contribution in [2.24, 2.45) is 5.92 Å². The van der Waals surface area contributed by atoms with Crippen LogP contribution in [0, 0.1) is 5.92 Å². The number of nitrogens with one attached hydrogen (secondary N) is 2. The molecule has 1 heterocycles. The third-order valence-corrected chi connectivity index (χ3v) is 2.39. The molecule has 0 aliphatic carbocycles. The van der Waals surface area contributed by atoms with Crippen LogP contribution in [0.15, 0.2) is 0 Å². The van der Waals surface area contributed by atoms with Gasteiger partial charge in [-0.2, -0.15) is 13.2 Å². The fraction of sp³-hybridized carbons (Fsp3) is 0.889. The Morgan fingerprint density at radius 2 is 2.12 bits per heavy atom. The molecule has 0 spiro atoms. The van der Waals surface area contributed by atoms with Crippen LogP contribution in [0.5, 0.6) is 0 Å². The quantitative estimate of drug-likeness (QED) is 0.804. The Bertz CT molecular complexity index is 217. The van der Waals surface area contributed by atoms with E-state index in [9.17, 15) is 18.0 Å². The number of carbonyl (C=O) groups excluding carboxylic acids is 1. The van der Waals surface area contributed by atoms with Gasteiger partial charge in [0.1, 0.15) is 0 Å². The summed E-state index contributed by atoms with van der Waals surface area (Å²) >= 11 is 0. The molecule has 1 rings (SSSR count). The maximum atomic E-state index is 11.8. The summed E-state index contributed by atoms with van der Waals surface area (Å²) in [5.74, 6) is -0.154. The van der Waals surface area contributed by atoms with Crippen LogP contribution in [-0.2, 0) is 4.79 Å². The van der Waals surface area contributed by atoms with E-state index in [2.05, 4.69) is 10.6 Å². The predicted molar refractivity (Wildman–Crippen MR) is 56.5 cm³/mol. The van der Waals surface area contributed by atoms with Crippen molar-refractivity contribution in [2.45, 2.75) is 25.4 Å². The lowest BCUT2D eigenvalue weighted by Gasteiger charge is -2.10. The first kappa shape index (κ1) is 15.5. The van der Waals surface area contributed by atoms with Crippen molar-refractivity contribution in [3.05, 3.63) is 0 Å². The summed E-state index contributed by atoms with van der Waals surface area (Å²) in [5, 5.41) is 5.64. The first-order valence-electron chi connectivity index (χ1n) is 5.01. The van der Waals surface area contributed by atoms with Gasteiger partial charge in [0.2, 0.25) is 5.91 Å². The summed E-state index contributed by atoms with van der Waals surface area (Å²) in [6, 6.07) is 0. The lowest BCUT2D eigenvalue weighted by Crippen LogP contribution is -2.30. The van der Waals surface area contributed by atoms with Crippen LogP contribution in [0.4, 0.5) is 13.2 Å². The van der Waals surface area contributed by atoms with Crippen molar-refractivity contribution in [3.63, 3.8) is 0 Å². The number of alkyl halides is 3. The van der Waals surface area contributed by atoms with Gasteiger partial charge >= 0.3 is 6.18 Å². The van der Waals surface area contributed by atoms with Crippen LogP contribution in [-0.4, -0.2) is 31.7 Å². The van der Waals surface area contributed by atoms with Crippen LogP contribution < -0.4 is 10.6 Å². The zero-order valence-electron chi connectivity index (χ0n) is 8.77. The van der Waals surface area contributed by atoms with E-state index in [4.69, 9.17) is 0 Å². The summed E-state index contributed by atoms with van der Waals surface area (Å²) < 4.78 is 35.3. The van der Waals surface area contributed by atoms with Gasteiger partial charge in [-0.1, -0.05) is 0 Å². The van der Waals surface area contributed by atoms with Crippen LogP contribution in [0.3, 0.4) is 0 Å². The SMILES string of the molecule is Cl.O=C(CCC(F)(F)F)NCC1CCNC1. The van der Waals surface area contributed by atoms with E-state index < -0.39 is 24.9 Å². The van der Waals surface area contributed by atoms with Gasteiger partial charge in [-0.25, -0.2) is 0 Å².